The van der Waals surface area contributed by atoms with E-state index in [9.17, 15) is 0 Å². The van der Waals surface area contributed by atoms with Crippen LogP contribution < -0.4 is 15.2 Å². The van der Waals surface area contributed by atoms with Crippen molar-refractivity contribution in [2.45, 2.75) is 13.8 Å². The minimum atomic E-state index is 0.233. The predicted molar refractivity (Wildman–Crippen MR) is 74.0 cm³/mol. The molecule has 0 radical (unpaired) electrons. The van der Waals surface area contributed by atoms with Crippen LogP contribution in [0.15, 0.2) is 18.5 Å². The first-order valence-electron chi connectivity index (χ1n) is 5.62. The topological polar surface area (TPSA) is 70.3 Å². The Kier molecular flexibility index (Phi) is 3.76. The van der Waals surface area contributed by atoms with Crippen LogP contribution in [0.25, 0.3) is 0 Å². The zero-order valence-electron chi connectivity index (χ0n) is 10.9. The minimum Gasteiger partial charge on any atom is -0.489 e. The highest BCUT2D eigenvalue weighted by atomic mass is 35.5. The largest absolute Gasteiger partial charge is 0.489 e. The lowest BCUT2D eigenvalue weighted by molar-refractivity contribution is 0.367. The van der Waals surface area contributed by atoms with Gasteiger partial charge in [0, 0.05) is 5.02 Å². The van der Waals surface area contributed by atoms with Gasteiger partial charge in [-0.3, -0.25) is 0 Å². The summed E-state index contributed by atoms with van der Waals surface area (Å²) in [4.78, 5) is 7.89. The van der Waals surface area contributed by atoms with Crippen molar-refractivity contribution in [3.8, 4) is 17.4 Å². The van der Waals surface area contributed by atoms with E-state index >= 15 is 0 Å². The van der Waals surface area contributed by atoms with Crippen molar-refractivity contribution in [3.05, 3.63) is 34.6 Å². The van der Waals surface area contributed by atoms with Gasteiger partial charge in [0.15, 0.2) is 5.82 Å². The summed E-state index contributed by atoms with van der Waals surface area (Å²) in [7, 11) is 1.49. The van der Waals surface area contributed by atoms with Gasteiger partial charge in [0.1, 0.15) is 12.1 Å². The highest BCUT2D eigenvalue weighted by Crippen LogP contribution is 2.36. The van der Waals surface area contributed by atoms with Crippen molar-refractivity contribution >= 4 is 17.4 Å². The first-order valence-corrected chi connectivity index (χ1v) is 5.99. The molecule has 6 heteroatoms. The molecule has 0 aliphatic carbocycles. The molecule has 0 bridgehead atoms. The quantitative estimate of drug-likeness (QED) is 0.935. The molecule has 2 aromatic rings. The third-order valence-electron chi connectivity index (χ3n) is 2.63. The van der Waals surface area contributed by atoms with Gasteiger partial charge in [0.05, 0.1) is 7.11 Å². The number of halogens is 1. The van der Waals surface area contributed by atoms with Gasteiger partial charge in [0.25, 0.3) is 5.88 Å². The summed E-state index contributed by atoms with van der Waals surface area (Å²) in [5, 5.41) is 0.663. The standard InChI is InChI=1S/C13H14ClN3O2/c1-7-4-9(14)5-8(2)10(7)19-13-11(18-3)12(15)16-6-17-13/h4-6H,1-3H3,(H2,15,16,17). The highest BCUT2D eigenvalue weighted by molar-refractivity contribution is 6.30. The van der Waals surface area contributed by atoms with Crippen LogP contribution in [-0.2, 0) is 0 Å². The molecule has 100 valence electrons. The van der Waals surface area contributed by atoms with Gasteiger partial charge in [-0.15, -0.1) is 0 Å². The summed E-state index contributed by atoms with van der Waals surface area (Å²) < 4.78 is 10.9. The number of nitrogens with two attached hydrogens (primary N) is 1. The first kappa shape index (κ1) is 13.4. The van der Waals surface area contributed by atoms with Crippen molar-refractivity contribution in [1.29, 1.82) is 0 Å². The molecule has 0 aliphatic rings. The maximum absolute atomic E-state index is 5.98. The van der Waals surface area contributed by atoms with Crippen molar-refractivity contribution in [3.63, 3.8) is 0 Å². The average Bonchev–Trinajstić information content (AvgIpc) is 2.34. The van der Waals surface area contributed by atoms with Crippen molar-refractivity contribution in [2.75, 3.05) is 12.8 Å². The third-order valence-corrected chi connectivity index (χ3v) is 2.84. The molecule has 2 rings (SSSR count). The fourth-order valence-electron chi connectivity index (χ4n) is 1.79. The Morgan fingerprint density at radius 1 is 1.11 bits per heavy atom. The summed E-state index contributed by atoms with van der Waals surface area (Å²) in [5.74, 6) is 1.51. The Balaban J connectivity index is 2.45. The molecule has 0 atom stereocenters. The number of hydrogen-bond acceptors (Lipinski definition) is 5. The maximum Gasteiger partial charge on any atom is 0.268 e. The second-order valence-electron chi connectivity index (χ2n) is 4.07. The Hall–Kier alpha value is -2.01. The van der Waals surface area contributed by atoms with Crippen LogP contribution in [0.4, 0.5) is 5.82 Å². The number of nitrogen functional groups attached to an aromatic ring is 1. The number of benzene rings is 1. The van der Waals surface area contributed by atoms with Gasteiger partial charge in [0.2, 0.25) is 5.75 Å². The van der Waals surface area contributed by atoms with Crippen LogP contribution in [-0.4, -0.2) is 17.1 Å². The van der Waals surface area contributed by atoms with E-state index in [0.29, 0.717) is 16.5 Å². The lowest BCUT2D eigenvalue weighted by Crippen LogP contribution is -2.01. The smallest absolute Gasteiger partial charge is 0.268 e. The number of aryl methyl sites for hydroxylation is 2. The number of hydrogen-bond donors (Lipinski definition) is 1. The maximum atomic E-state index is 5.98. The summed E-state index contributed by atoms with van der Waals surface area (Å²) >= 11 is 5.98. The van der Waals surface area contributed by atoms with E-state index in [1.165, 1.54) is 13.4 Å². The lowest BCUT2D eigenvalue weighted by Gasteiger charge is -2.14. The van der Waals surface area contributed by atoms with Crippen LogP contribution in [0, 0.1) is 13.8 Å². The average molecular weight is 280 g/mol. The Morgan fingerprint density at radius 3 is 2.32 bits per heavy atom. The fraction of sp³-hybridized carbons (Fsp3) is 0.231. The molecule has 0 spiro atoms. The van der Waals surface area contributed by atoms with Gasteiger partial charge in [-0.2, -0.15) is 4.98 Å². The van der Waals surface area contributed by atoms with E-state index < -0.39 is 0 Å². The summed E-state index contributed by atoms with van der Waals surface area (Å²) in [6.45, 7) is 3.82. The van der Waals surface area contributed by atoms with Crippen molar-refractivity contribution in [1.82, 2.24) is 9.97 Å². The second kappa shape index (κ2) is 5.32. The van der Waals surface area contributed by atoms with Gasteiger partial charge < -0.3 is 15.2 Å². The number of methoxy groups -OCH3 is 1. The first-order chi connectivity index (χ1) is 9.02. The van der Waals surface area contributed by atoms with Crippen molar-refractivity contribution in [2.24, 2.45) is 0 Å². The van der Waals surface area contributed by atoms with E-state index in [-0.39, 0.29) is 11.7 Å². The monoisotopic (exact) mass is 279 g/mol. The molecule has 0 amide bonds. The van der Waals surface area contributed by atoms with Crippen LogP contribution >= 0.6 is 11.6 Å². The molecule has 2 N–H and O–H groups in total. The molecule has 0 unspecified atom stereocenters. The van der Waals surface area contributed by atoms with Crippen LogP contribution in [0.2, 0.25) is 5.02 Å². The molecule has 5 nitrogen and oxygen atoms in total. The number of rotatable bonds is 3. The Bertz CT molecular complexity index is 594. The molecule has 0 saturated carbocycles. The number of anilines is 1. The molecule has 0 saturated heterocycles. The molecule has 0 aliphatic heterocycles. The molecule has 19 heavy (non-hydrogen) atoms. The number of aromatic nitrogens is 2. The van der Waals surface area contributed by atoms with Crippen molar-refractivity contribution < 1.29 is 9.47 Å². The van der Waals surface area contributed by atoms with E-state index in [4.69, 9.17) is 26.8 Å². The van der Waals surface area contributed by atoms with E-state index in [2.05, 4.69) is 9.97 Å². The Labute approximate surface area is 116 Å². The molecule has 1 aromatic carbocycles. The second-order valence-corrected chi connectivity index (χ2v) is 4.50. The molecule has 0 fully saturated rings. The predicted octanol–water partition coefficient (Wildman–Crippen LogP) is 3.13. The van der Waals surface area contributed by atoms with E-state index in [1.54, 1.807) is 0 Å². The van der Waals surface area contributed by atoms with Gasteiger partial charge in [-0.05, 0) is 37.1 Å². The summed E-state index contributed by atoms with van der Waals surface area (Å²) in [6, 6.07) is 3.64. The molecular weight excluding hydrogens is 266 g/mol. The van der Waals surface area contributed by atoms with Gasteiger partial charge >= 0.3 is 0 Å². The third kappa shape index (κ3) is 2.71. The molecule has 1 aromatic heterocycles. The lowest BCUT2D eigenvalue weighted by atomic mass is 10.1. The SMILES string of the molecule is COc1c(N)ncnc1Oc1c(C)cc(Cl)cc1C. The van der Waals surface area contributed by atoms with E-state index in [1.807, 2.05) is 26.0 Å². The molecular formula is C13H14ClN3O2. The summed E-state index contributed by atoms with van der Waals surface area (Å²) in [5.41, 5.74) is 7.52. The summed E-state index contributed by atoms with van der Waals surface area (Å²) in [6.07, 6.45) is 1.33. The Morgan fingerprint density at radius 2 is 1.74 bits per heavy atom. The number of ether oxygens (including phenoxy) is 2. The minimum absolute atomic E-state index is 0.233. The van der Waals surface area contributed by atoms with Gasteiger partial charge in [-0.1, -0.05) is 11.6 Å². The van der Waals surface area contributed by atoms with Crippen LogP contribution in [0.5, 0.6) is 17.4 Å². The zero-order chi connectivity index (χ0) is 14.0. The number of nitrogens with zero attached hydrogens (tertiary/aromatic N) is 2. The van der Waals surface area contributed by atoms with Crippen LogP contribution in [0.1, 0.15) is 11.1 Å². The highest BCUT2D eigenvalue weighted by Gasteiger charge is 2.14. The zero-order valence-corrected chi connectivity index (χ0v) is 11.7. The van der Waals surface area contributed by atoms with Gasteiger partial charge in [-0.25, -0.2) is 4.98 Å². The fourth-order valence-corrected chi connectivity index (χ4v) is 2.12. The molecule has 1 heterocycles. The van der Waals surface area contributed by atoms with Crippen LogP contribution in [0.3, 0.4) is 0 Å². The normalized spacial score (nSPS) is 10.3. The van der Waals surface area contributed by atoms with E-state index in [0.717, 1.165) is 11.1 Å².